The molecule has 0 saturated carbocycles. The zero-order valence-corrected chi connectivity index (χ0v) is 20.3. The lowest BCUT2D eigenvalue weighted by Gasteiger charge is -2.12. The molecule has 2 aromatic heterocycles. The SMILES string of the molecule is CCCc1ccc(S(=O)(=O)Nc2nc3c(s2)CCc2c(Cl)sc(S(C)(=O)=O)c2-3)cc1. The molecule has 0 saturated heterocycles. The van der Waals surface area contributed by atoms with Crippen molar-refractivity contribution in [1.29, 1.82) is 0 Å². The molecule has 1 aliphatic rings. The summed E-state index contributed by atoms with van der Waals surface area (Å²) in [4.78, 5) is 5.45. The fourth-order valence-electron chi connectivity index (χ4n) is 3.44. The van der Waals surface area contributed by atoms with Crippen molar-refractivity contribution in [3.05, 3.63) is 44.6 Å². The lowest BCUT2D eigenvalue weighted by atomic mass is 9.98. The molecule has 0 radical (unpaired) electrons. The first kappa shape index (κ1) is 21.8. The molecule has 1 aromatic carbocycles. The maximum Gasteiger partial charge on any atom is 0.263 e. The number of benzene rings is 1. The van der Waals surface area contributed by atoms with Crippen LogP contribution in [0.4, 0.5) is 5.13 Å². The average molecular weight is 503 g/mol. The van der Waals surface area contributed by atoms with Crippen molar-refractivity contribution in [2.24, 2.45) is 0 Å². The van der Waals surface area contributed by atoms with E-state index in [0.717, 1.165) is 46.4 Å². The number of aryl methyl sites for hydroxylation is 2. The number of aromatic nitrogens is 1. The Morgan fingerprint density at radius 3 is 2.43 bits per heavy atom. The number of halogens is 1. The highest BCUT2D eigenvalue weighted by Crippen LogP contribution is 2.48. The Hall–Kier alpha value is -1.46. The van der Waals surface area contributed by atoms with Crippen molar-refractivity contribution < 1.29 is 16.8 Å². The Morgan fingerprint density at radius 2 is 1.80 bits per heavy atom. The lowest BCUT2D eigenvalue weighted by molar-refractivity contribution is 0.600. The van der Waals surface area contributed by atoms with Gasteiger partial charge in [0.2, 0.25) is 0 Å². The molecule has 1 N–H and O–H groups in total. The Bertz CT molecular complexity index is 1320. The van der Waals surface area contributed by atoms with E-state index in [1.54, 1.807) is 12.1 Å². The summed E-state index contributed by atoms with van der Waals surface area (Å²) in [6, 6.07) is 6.78. The van der Waals surface area contributed by atoms with Gasteiger partial charge in [-0.3, -0.25) is 4.72 Å². The molecular formula is C19H19ClN2O4S4. The number of hydrogen-bond acceptors (Lipinski definition) is 7. The summed E-state index contributed by atoms with van der Waals surface area (Å²) in [6.07, 6.45) is 4.25. The number of sulfone groups is 1. The first-order valence-electron chi connectivity index (χ1n) is 9.23. The molecule has 6 nitrogen and oxygen atoms in total. The minimum atomic E-state index is -3.80. The van der Waals surface area contributed by atoms with Gasteiger partial charge in [0, 0.05) is 16.7 Å². The number of nitrogens with zero attached hydrogens (tertiary/aromatic N) is 1. The highest BCUT2D eigenvalue weighted by Gasteiger charge is 2.32. The molecule has 0 spiro atoms. The summed E-state index contributed by atoms with van der Waals surface area (Å²) in [5, 5.41) is 0.215. The van der Waals surface area contributed by atoms with Crippen molar-refractivity contribution >= 4 is 59.3 Å². The summed E-state index contributed by atoms with van der Waals surface area (Å²) >= 11 is 8.54. The molecule has 30 heavy (non-hydrogen) atoms. The molecule has 160 valence electrons. The van der Waals surface area contributed by atoms with Gasteiger partial charge in [-0.05, 0) is 42.5 Å². The van der Waals surface area contributed by atoms with Crippen LogP contribution in [0, 0.1) is 0 Å². The summed E-state index contributed by atoms with van der Waals surface area (Å²) in [7, 11) is -7.28. The Labute approximate surface area is 188 Å². The zero-order valence-electron chi connectivity index (χ0n) is 16.2. The molecule has 0 fully saturated rings. The number of anilines is 1. The number of hydrogen-bond donors (Lipinski definition) is 1. The van der Waals surface area contributed by atoms with E-state index in [1.807, 2.05) is 12.1 Å². The summed E-state index contributed by atoms with van der Waals surface area (Å²) < 4.78 is 53.2. The first-order valence-corrected chi connectivity index (χ1v) is 14.6. The minimum absolute atomic E-state index is 0.159. The molecule has 0 bridgehead atoms. The minimum Gasteiger partial charge on any atom is -0.255 e. The predicted octanol–water partition coefficient (Wildman–Crippen LogP) is 4.78. The topological polar surface area (TPSA) is 93.2 Å². The second-order valence-electron chi connectivity index (χ2n) is 7.08. The molecule has 0 atom stereocenters. The smallest absolute Gasteiger partial charge is 0.255 e. The van der Waals surface area contributed by atoms with E-state index in [-0.39, 0.29) is 14.2 Å². The Kier molecular flexibility index (Phi) is 5.73. The van der Waals surface area contributed by atoms with Gasteiger partial charge in [0.15, 0.2) is 15.0 Å². The second kappa shape index (κ2) is 7.90. The van der Waals surface area contributed by atoms with Gasteiger partial charge in [-0.15, -0.1) is 22.7 Å². The van der Waals surface area contributed by atoms with E-state index in [9.17, 15) is 16.8 Å². The van der Waals surface area contributed by atoms with Crippen LogP contribution >= 0.6 is 34.3 Å². The Balaban J connectivity index is 1.69. The number of nitrogens with one attached hydrogen (secondary N) is 1. The maximum absolute atomic E-state index is 12.8. The number of fused-ring (bicyclic) bond motifs is 3. The summed E-state index contributed by atoms with van der Waals surface area (Å²) in [6.45, 7) is 2.07. The van der Waals surface area contributed by atoms with E-state index in [1.165, 1.54) is 11.3 Å². The lowest BCUT2D eigenvalue weighted by Crippen LogP contribution is -2.12. The van der Waals surface area contributed by atoms with Crippen molar-refractivity contribution in [1.82, 2.24) is 4.98 Å². The predicted molar refractivity (Wildman–Crippen MR) is 122 cm³/mol. The largest absolute Gasteiger partial charge is 0.263 e. The number of sulfonamides is 1. The fourth-order valence-corrected chi connectivity index (χ4v) is 8.45. The van der Waals surface area contributed by atoms with E-state index in [0.29, 0.717) is 28.4 Å². The van der Waals surface area contributed by atoms with Crippen molar-refractivity contribution in [3.8, 4) is 11.3 Å². The molecule has 11 heteroatoms. The van der Waals surface area contributed by atoms with Crippen LogP contribution in [0.2, 0.25) is 4.34 Å². The average Bonchev–Trinajstić information content (AvgIpc) is 3.22. The van der Waals surface area contributed by atoms with Gasteiger partial charge in [0.1, 0.15) is 4.21 Å². The highest BCUT2D eigenvalue weighted by atomic mass is 35.5. The van der Waals surface area contributed by atoms with Crippen molar-refractivity contribution in [2.45, 2.75) is 41.7 Å². The van der Waals surface area contributed by atoms with Crippen LogP contribution in [0.15, 0.2) is 33.4 Å². The van der Waals surface area contributed by atoms with E-state index < -0.39 is 19.9 Å². The van der Waals surface area contributed by atoms with E-state index in [4.69, 9.17) is 11.6 Å². The van der Waals surface area contributed by atoms with Crippen LogP contribution in [-0.2, 0) is 39.1 Å². The molecule has 3 aromatic rings. The van der Waals surface area contributed by atoms with Gasteiger partial charge in [-0.1, -0.05) is 37.1 Å². The van der Waals surface area contributed by atoms with Gasteiger partial charge >= 0.3 is 0 Å². The molecule has 2 heterocycles. The fraction of sp³-hybridized carbons (Fsp3) is 0.316. The third-order valence-corrected chi connectivity index (χ3v) is 10.6. The molecule has 1 aliphatic carbocycles. The van der Waals surface area contributed by atoms with Gasteiger partial charge < -0.3 is 0 Å². The number of thiophene rings is 1. The van der Waals surface area contributed by atoms with E-state index in [2.05, 4.69) is 16.6 Å². The molecule has 0 unspecified atom stereocenters. The normalized spacial score (nSPS) is 13.7. The highest BCUT2D eigenvalue weighted by molar-refractivity contribution is 7.93. The van der Waals surface area contributed by atoms with Crippen molar-refractivity contribution in [2.75, 3.05) is 11.0 Å². The molecule has 0 aliphatic heterocycles. The standard InChI is InChI=1S/C19H19ClN2O4S4/c1-3-4-11-5-7-12(8-6-11)30(25,26)22-19-21-16-14(27-19)10-9-13-15(16)18(28-17(13)20)29(2,23)24/h5-8H,3-4,9-10H2,1-2H3,(H,21,22). The van der Waals surface area contributed by atoms with Crippen LogP contribution in [-0.4, -0.2) is 28.1 Å². The van der Waals surface area contributed by atoms with Gasteiger partial charge in [-0.2, -0.15) is 0 Å². The third kappa shape index (κ3) is 4.03. The van der Waals surface area contributed by atoms with Crippen molar-refractivity contribution in [3.63, 3.8) is 0 Å². The van der Waals surface area contributed by atoms with Crippen LogP contribution in [0.3, 0.4) is 0 Å². The molecule has 0 amide bonds. The molecular weight excluding hydrogens is 484 g/mol. The van der Waals surface area contributed by atoms with Crippen LogP contribution in [0.1, 0.15) is 29.3 Å². The number of rotatable bonds is 6. The monoisotopic (exact) mass is 502 g/mol. The summed E-state index contributed by atoms with van der Waals surface area (Å²) in [5.74, 6) is 0. The third-order valence-electron chi connectivity index (χ3n) is 4.79. The van der Waals surface area contributed by atoms with Gasteiger partial charge in [-0.25, -0.2) is 21.8 Å². The zero-order chi connectivity index (χ0) is 21.7. The first-order chi connectivity index (χ1) is 14.1. The maximum atomic E-state index is 12.8. The van der Waals surface area contributed by atoms with Gasteiger partial charge in [0.25, 0.3) is 10.0 Å². The van der Waals surface area contributed by atoms with Crippen LogP contribution in [0.5, 0.6) is 0 Å². The second-order valence-corrected chi connectivity index (χ2v) is 13.7. The van der Waals surface area contributed by atoms with Crippen LogP contribution < -0.4 is 4.72 Å². The number of thiazole rings is 1. The van der Waals surface area contributed by atoms with E-state index >= 15 is 0 Å². The van der Waals surface area contributed by atoms with Crippen LogP contribution in [0.25, 0.3) is 11.3 Å². The Morgan fingerprint density at radius 1 is 1.10 bits per heavy atom. The summed E-state index contributed by atoms with van der Waals surface area (Å²) in [5.41, 5.74) is 2.86. The quantitative estimate of drug-likeness (QED) is 0.523. The van der Waals surface area contributed by atoms with Gasteiger partial charge in [0.05, 0.1) is 14.9 Å². The molecule has 4 rings (SSSR count).